The zero-order chi connectivity index (χ0) is 23.5. The van der Waals surface area contributed by atoms with Gasteiger partial charge in [-0.2, -0.15) is 18.3 Å². The number of para-hydroxylation sites is 1. The Morgan fingerprint density at radius 2 is 1.81 bits per heavy atom. The number of carbonyl (C=O) groups is 2. The number of likely N-dealkylation sites (tertiary alicyclic amines) is 1. The molecule has 1 aromatic heterocycles. The summed E-state index contributed by atoms with van der Waals surface area (Å²) in [5, 5.41) is 7.75. The Hall–Kier alpha value is -3.09. The predicted molar refractivity (Wildman–Crippen MR) is 109 cm³/mol. The molecule has 1 aliphatic heterocycles. The Bertz CT molecular complexity index is 1090. The summed E-state index contributed by atoms with van der Waals surface area (Å²) < 4.78 is 64.2. The van der Waals surface area contributed by atoms with Crippen LogP contribution < -0.4 is 10.6 Å². The second kappa shape index (κ2) is 9.18. The van der Waals surface area contributed by atoms with Gasteiger partial charge in [0.15, 0.2) is 15.5 Å². The summed E-state index contributed by atoms with van der Waals surface area (Å²) in [4.78, 5) is 25.8. The van der Waals surface area contributed by atoms with E-state index >= 15 is 0 Å². The van der Waals surface area contributed by atoms with E-state index in [1.807, 2.05) is 0 Å². The third-order valence-electron chi connectivity index (χ3n) is 4.97. The highest BCUT2D eigenvalue weighted by Gasteiger charge is 2.39. The number of hydrogen-bond donors (Lipinski definition) is 2. The molecule has 13 heteroatoms. The molecule has 2 aromatic rings. The monoisotopic (exact) mass is 473 g/mol. The molecule has 1 saturated heterocycles. The first-order valence-corrected chi connectivity index (χ1v) is 11.6. The molecule has 3 rings (SSSR count). The zero-order valence-corrected chi connectivity index (χ0v) is 17.9. The summed E-state index contributed by atoms with van der Waals surface area (Å²) in [6.45, 7) is 0.189. The second-order valence-corrected chi connectivity index (χ2v) is 9.67. The van der Waals surface area contributed by atoms with Crippen LogP contribution in [-0.2, 0) is 16.0 Å². The van der Waals surface area contributed by atoms with Crippen LogP contribution in [0.15, 0.2) is 36.5 Å². The number of rotatable bonds is 6. The topological polar surface area (TPSA) is 113 Å². The van der Waals surface area contributed by atoms with Gasteiger partial charge in [0.2, 0.25) is 0 Å². The molecule has 1 fully saturated rings. The molecule has 1 unspecified atom stereocenters. The number of amides is 3. The van der Waals surface area contributed by atoms with Crippen molar-refractivity contribution in [3.8, 4) is 5.69 Å². The Labute approximate surface area is 182 Å². The number of carbonyl (C=O) groups excluding carboxylic acids is 2. The van der Waals surface area contributed by atoms with Crippen molar-refractivity contribution in [2.45, 2.75) is 17.8 Å². The minimum atomic E-state index is -4.83. The third kappa shape index (κ3) is 5.58. The first-order valence-electron chi connectivity index (χ1n) is 9.69. The lowest BCUT2D eigenvalue weighted by Crippen LogP contribution is -2.42. The van der Waals surface area contributed by atoms with Gasteiger partial charge in [0.25, 0.3) is 5.91 Å². The minimum Gasteiger partial charge on any atom is -0.350 e. The Morgan fingerprint density at radius 3 is 2.41 bits per heavy atom. The van der Waals surface area contributed by atoms with Crippen LogP contribution in [0.5, 0.6) is 0 Å². The average Bonchev–Trinajstić information content (AvgIpc) is 3.39. The van der Waals surface area contributed by atoms with Gasteiger partial charge in [0.05, 0.1) is 16.5 Å². The van der Waals surface area contributed by atoms with Crippen LogP contribution in [-0.4, -0.2) is 72.7 Å². The van der Waals surface area contributed by atoms with E-state index < -0.39 is 44.5 Å². The summed E-state index contributed by atoms with van der Waals surface area (Å²) in [5.74, 6) is -0.980. The van der Waals surface area contributed by atoms with Gasteiger partial charge in [-0.15, -0.1) is 0 Å². The van der Waals surface area contributed by atoms with Gasteiger partial charge < -0.3 is 15.5 Å². The lowest BCUT2D eigenvalue weighted by Gasteiger charge is -2.17. The Kier molecular flexibility index (Phi) is 6.77. The predicted octanol–water partition coefficient (Wildman–Crippen LogP) is 1.45. The van der Waals surface area contributed by atoms with Gasteiger partial charge in [-0.25, -0.2) is 17.9 Å². The maximum absolute atomic E-state index is 13.4. The van der Waals surface area contributed by atoms with Crippen molar-refractivity contribution in [3.63, 3.8) is 0 Å². The van der Waals surface area contributed by atoms with Crippen LogP contribution in [0.2, 0.25) is 0 Å². The van der Waals surface area contributed by atoms with Crippen molar-refractivity contribution in [2.24, 2.45) is 0 Å². The Morgan fingerprint density at radius 1 is 1.16 bits per heavy atom. The first-order chi connectivity index (χ1) is 15.0. The lowest BCUT2D eigenvalue weighted by molar-refractivity contribution is -0.141. The number of nitrogens with zero attached hydrogens (tertiary/aromatic N) is 3. The zero-order valence-electron chi connectivity index (χ0n) is 17.1. The molecular weight excluding hydrogens is 451 g/mol. The fourth-order valence-corrected chi connectivity index (χ4v) is 4.26. The van der Waals surface area contributed by atoms with Crippen molar-refractivity contribution < 1.29 is 31.2 Å². The van der Waals surface area contributed by atoms with Crippen LogP contribution in [0, 0.1) is 0 Å². The van der Waals surface area contributed by atoms with Gasteiger partial charge in [-0.1, -0.05) is 18.2 Å². The molecule has 1 aromatic carbocycles. The average molecular weight is 473 g/mol. The van der Waals surface area contributed by atoms with Crippen LogP contribution in [0.4, 0.5) is 18.0 Å². The minimum absolute atomic E-state index is 0.0429. The fraction of sp³-hybridized carbons (Fsp3) is 0.421. The van der Waals surface area contributed by atoms with Gasteiger partial charge in [-0.3, -0.25) is 4.79 Å². The summed E-state index contributed by atoms with van der Waals surface area (Å²) >= 11 is 0. The van der Waals surface area contributed by atoms with Crippen molar-refractivity contribution in [1.82, 2.24) is 25.3 Å². The molecule has 2 N–H and O–H groups in total. The highest BCUT2D eigenvalue weighted by Crippen LogP contribution is 2.31. The summed E-state index contributed by atoms with van der Waals surface area (Å²) in [5.41, 5.74) is -1.59. The van der Waals surface area contributed by atoms with E-state index in [0.717, 1.165) is 17.1 Å². The van der Waals surface area contributed by atoms with Crippen LogP contribution in [0.1, 0.15) is 22.5 Å². The van der Waals surface area contributed by atoms with Crippen LogP contribution >= 0.6 is 0 Å². The third-order valence-corrected chi connectivity index (χ3v) is 6.57. The summed E-state index contributed by atoms with van der Waals surface area (Å²) in [7, 11) is -3.25. The number of nitrogens with one attached hydrogen (secondary N) is 2. The molecule has 1 atom stereocenters. The molecule has 32 heavy (non-hydrogen) atoms. The summed E-state index contributed by atoms with van der Waals surface area (Å²) in [6, 6.07) is 7.56. The molecule has 0 spiro atoms. The number of hydrogen-bond acceptors (Lipinski definition) is 5. The van der Waals surface area contributed by atoms with Crippen LogP contribution in [0.3, 0.4) is 0 Å². The molecule has 0 radical (unpaired) electrons. The van der Waals surface area contributed by atoms with Crippen LogP contribution in [0.25, 0.3) is 5.69 Å². The lowest BCUT2D eigenvalue weighted by atomic mass is 10.2. The van der Waals surface area contributed by atoms with E-state index in [0.29, 0.717) is 12.1 Å². The highest BCUT2D eigenvalue weighted by molar-refractivity contribution is 7.91. The van der Waals surface area contributed by atoms with E-state index in [4.69, 9.17) is 0 Å². The Balaban J connectivity index is 1.57. The van der Waals surface area contributed by atoms with E-state index in [1.165, 1.54) is 4.90 Å². The van der Waals surface area contributed by atoms with E-state index in [9.17, 15) is 31.2 Å². The number of benzene rings is 1. The van der Waals surface area contributed by atoms with Crippen molar-refractivity contribution in [3.05, 3.63) is 47.8 Å². The molecule has 3 amide bonds. The fourth-order valence-electron chi connectivity index (χ4n) is 3.28. The number of urea groups is 1. The van der Waals surface area contributed by atoms with Gasteiger partial charge in [0, 0.05) is 38.6 Å². The van der Waals surface area contributed by atoms with E-state index in [2.05, 4.69) is 15.7 Å². The first kappa shape index (κ1) is 23.6. The number of alkyl halides is 3. The quantitative estimate of drug-likeness (QED) is 0.617. The van der Waals surface area contributed by atoms with E-state index in [-0.39, 0.29) is 26.2 Å². The molecule has 0 bridgehead atoms. The molecule has 2 heterocycles. The van der Waals surface area contributed by atoms with Crippen molar-refractivity contribution in [2.75, 3.05) is 32.4 Å². The van der Waals surface area contributed by atoms with Gasteiger partial charge in [0.1, 0.15) is 0 Å². The van der Waals surface area contributed by atoms with Gasteiger partial charge in [-0.05, 0) is 18.6 Å². The normalized spacial score (nSPS) is 16.8. The molecular formula is C19H22F3N5O4S. The number of aromatic nitrogens is 2. The number of sulfone groups is 1. The maximum atomic E-state index is 13.4. The highest BCUT2D eigenvalue weighted by atomic mass is 32.2. The van der Waals surface area contributed by atoms with E-state index in [1.54, 1.807) is 30.3 Å². The molecule has 174 valence electrons. The summed E-state index contributed by atoms with van der Waals surface area (Å²) in [6.07, 6.45) is -2.37. The second-order valence-electron chi connectivity index (χ2n) is 7.34. The molecule has 0 saturated carbocycles. The van der Waals surface area contributed by atoms with Crippen molar-refractivity contribution in [1.29, 1.82) is 0 Å². The molecule has 1 aliphatic rings. The largest absolute Gasteiger partial charge is 0.435 e. The standard InChI is InChI=1S/C19H22F3N5O4S/c1-32(30,31)14-7-10-26(11-14)18(29)24-9-8-23-17(28)15-12-27(13-5-3-2-4-6-13)25-16(15)19(20,21)22/h2-6,12,14H,7-11H2,1H3,(H,23,28)(H,24,29). The SMILES string of the molecule is CS(=O)(=O)C1CCN(C(=O)NCCNC(=O)c2cn(-c3ccccc3)nc2C(F)(F)F)C1. The molecule has 9 nitrogen and oxygen atoms in total. The number of halogens is 3. The van der Waals surface area contributed by atoms with Gasteiger partial charge >= 0.3 is 12.2 Å². The van der Waals surface area contributed by atoms with Crippen molar-refractivity contribution >= 4 is 21.8 Å². The smallest absolute Gasteiger partial charge is 0.350 e. The maximum Gasteiger partial charge on any atom is 0.435 e. The molecule has 0 aliphatic carbocycles.